The topological polar surface area (TPSA) is 43.8 Å². The van der Waals surface area contributed by atoms with E-state index in [1.54, 1.807) is 0 Å². The van der Waals surface area contributed by atoms with E-state index in [4.69, 9.17) is 10.7 Å². The fraction of sp³-hybridized carbons (Fsp3) is 0.786. The van der Waals surface area contributed by atoms with Gasteiger partial charge in [-0.2, -0.15) is 0 Å². The lowest BCUT2D eigenvalue weighted by molar-refractivity contribution is 0.341. The molecule has 1 aliphatic rings. The Hall–Kier alpha value is -0.990. The number of imidazole rings is 1. The van der Waals surface area contributed by atoms with Crippen molar-refractivity contribution in [1.29, 1.82) is 0 Å². The first-order valence-corrected chi connectivity index (χ1v) is 7.02. The molecule has 0 saturated heterocycles. The minimum Gasteiger partial charge on any atom is -0.384 e. The molecule has 3 nitrogen and oxygen atoms in total. The molecule has 2 N–H and O–H groups in total. The minimum atomic E-state index is 0.594. The van der Waals surface area contributed by atoms with Crippen molar-refractivity contribution in [2.45, 2.75) is 65.3 Å². The molecule has 0 aliphatic heterocycles. The normalized spacial score (nSPS) is 25.1. The lowest BCUT2D eigenvalue weighted by Gasteiger charge is -2.25. The fourth-order valence-corrected chi connectivity index (χ4v) is 3.14. The summed E-state index contributed by atoms with van der Waals surface area (Å²) in [5.74, 6) is 3.49. The molecule has 1 aliphatic carbocycles. The quantitative estimate of drug-likeness (QED) is 0.873. The predicted molar refractivity (Wildman–Crippen MR) is 72.1 cm³/mol. The maximum atomic E-state index is 6.27. The molecule has 2 atom stereocenters. The molecule has 17 heavy (non-hydrogen) atoms. The molecule has 0 bridgehead atoms. The molecular formula is C14H25N3. The molecule has 0 amide bonds. The molecule has 1 aromatic rings. The third-order valence-electron chi connectivity index (χ3n) is 4.07. The van der Waals surface area contributed by atoms with Gasteiger partial charge in [-0.05, 0) is 25.7 Å². The molecule has 0 spiro atoms. The van der Waals surface area contributed by atoms with Crippen LogP contribution in [-0.2, 0) is 13.0 Å². The molecule has 1 aromatic heterocycles. The molecule has 1 saturated carbocycles. The number of hydrogen-bond acceptors (Lipinski definition) is 2. The lowest BCUT2D eigenvalue weighted by atomic mass is 9.81. The summed E-state index contributed by atoms with van der Waals surface area (Å²) in [7, 11) is 0. The van der Waals surface area contributed by atoms with Crippen molar-refractivity contribution in [2.75, 3.05) is 5.73 Å². The van der Waals surface area contributed by atoms with Crippen LogP contribution in [0.15, 0.2) is 0 Å². The highest BCUT2D eigenvalue weighted by Gasteiger charge is 2.25. The SMILES string of the molecule is CCc1nc(C2CCCC(C)C2)c(N)n1CC. The van der Waals surface area contributed by atoms with Crippen LogP contribution in [0.2, 0.25) is 0 Å². The Bertz CT molecular complexity index is 381. The summed E-state index contributed by atoms with van der Waals surface area (Å²) in [6, 6.07) is 0. The summed E-state index contributed by atoms with van der Waals surface area (Å²) in [5.41, 5.74) is 7.44. The van der Waals surface area contributed by atoms with Gasteiger partial charge < -0.3 is 10.3 Å². The Morgan fingerprint density at radius 2 is 2.12 bits per heavy atom. The summed E-state index contributed by atoms with van der Waals surface area (Å²) >= 11 is 0. The Morgan fingerprint density at radius 3 is 2.65 bits per heavy atom. The fourth-order valence-electron chi connectivity index (χ4n) is 3.14. The van der Waals surface area contributed by atoms with Gasteiger partial charge in [0, 0.05) is 18.9 Å². The monoisotopic (exact) mass is 235 g/mol. The summed E-state index contributed by atoms with van der Waals surface area (Å²) in [5, 5.41) is 0. The number of hydrogen-bond donors (Lipinski definition) is 1. The molecular weight excluding hydrogens is 210 g/mol. The van der Waals surface area contributed by atoms with Crippen LogP contribution in [0, 0.1) is 5.92 Å². The summed E-state index contributed by atoms with van der Waals surface area (Å²) in [6.07, 6.45) is 6.18. The summed E-state index contributed by atoms with van der Waals surface area (Å²) in [4.78, 5) is 4.80. The van der Waals surface area contributed by atoms with Crippen molar-refractivity contribution in [3.05, 3.63) is 11.5 Å². The van der Waals surface area contributed by atoms with Crippen LogP contribution in [0.4, 0.5) is 5.82 Å². The zero-order valence-electron chi connectivity index (χ0n) is 11.4. The second-order valence-corrected chi connectivity index (χ2v) is 5.37. The number of anilines is 1. The molecule has 2 unspecified atom stereocenters. The highest BCUT2D eigenvalue weighted by molar-refractivity contribution is 5.41. The van der Waals surface area contributed by atoms with Gasteiger partial charge in [0.2, 0.25) is 0 Å². The van der Waals surface area contributed by atoms with E-state index in [0.29, 0.717) is 5.92 Å². The zero-order chi connectivity index (χ0) is 12.4. The number of aromatic nitrogens is 2. The van der Waals surface area contributed by atoms with E-state index in [9.17, 15) is 0 Å². The average molecular weight is 235 g/mol. The highest BCUT2D eigenvalue weighted by atomic mass is 15.1. The van der Waals surface area contributed by atoms with Gasteiger partial charge in [-0.3, -0.25) is 0 Å². The molecule has 1 heterocycles. The van der Waals surface area contributed by atoms with Crippen LogP contribution < -0.4 is 5.73 Å². The smallest absolute Gasteiger partial charge is 0.127 e. The van der Waals surface area contributed by atoms with E-state index in [1.807, 2.05) is 0 Å². The van der Waals surface area contributed by atoms with E-state index < -0.39 is 0 Å². The van der Waals surface area contributed by atoms with Crippen molar-refractivity contribution in [1.82, 2.24) is 9.55 Å². The second kappa shape index (κ2) is 5.11. The molecule has 96 valence electrons. The molecule has 3 heteroatoms. The number of aryl methyl sites for hydroxylation is 1. The van der Waals surface area contributed by atoms with E-state index >= 15 is 0 Å². The van der Waals surface area contributed by atoms with Crippen LogP contribution >= 0.6 is 0 Å². The van der Waals surface area contributed by atoms with Gasteiger partial charge in [-0.15, -0.1) is 0 Å². The second-order valence-electron chi connectivity index (χ2n) is 5.37. The average Bonchev–Trinajstić information content (AvgIpc) is 2.65. The van der Waals surface area contributed by atoms with E-state index in [-0.39, 0.29) is 0 Å². The third-order valence-corrected chi connectivity index (χ3v) is 4.07. The van der Waals surface area contributed by atoms with E-state index in [1.165, 1.54) is 31.4 Å². The Kier molecular flexibility index (Phi) is 3.75. The van der Waals surface area contributed by atoms with Crippen LogP contribution in [0.1, 0.15) is 63.9 Å². The lowest BCUT2D eigenvalue weighted by Crippen LogP contribution is -2.14. The van der Waals surface area contributed by atoms with Crippen LogP contribution in [-0.4, -0.2) is 9.55 Å². The summed E-state index contributed by atoms with van der Waals surface area (Å²) in [6.45, 7) is 7.58. The zero-order valence-corrected chi connectivity index (χ0v) is 11.4. The minimum absolute atomic E-state index is 0.594. The Morgan fingerprint density at radius 1 is 1.35 bits per heavy atom. The third kappa shape index (κ3) is 2.33. The molecule has 0 aromatic carbocycles. The number of nitrogens with zero attached hydrogens (tertiary/aromatic N) is 2. The Labute approximate surface area is 104 Å². The van der Waals surface area contributed by atoms with Gasteiger partial charge in [-0.25, -0.2) is 4.98 Å². The Balaban J connectivity index is 2.28. The predicted octanol–water partition coefficient (Wildman–Crippen LogP) is 3.34. The van der Waals surface area contributed by atoms with E-state index in [0.717, 1.165) is 30.5 Å². The number of nitrogens with two attached hydrogens (primary N) is 1. The van der Waals surface area contributed by atoms with Crippen LogP contribution in [0.3, 0.4) is 0 Å². The van der Waals surface area contributed by atoms with Crippen LogP contribution in [0.25, 0.3) is 0 Å². The first-order valence-electron chi connectivity index (χ1n) is 7.02. The van der Waals surface area contributed by atoms with Crippen molar-refractivity contribution in [2.24, 2.45) is 5.92 Å². The largest absolute Gasteiger partial charge is 0.384 e. The van der Waals surface area contributed by atoms with Gasteiger partial charge in [0.05, 0.1) is 5.69 Å². The summed E-state index contributed by atoms with van der Waals surface area (Å²) < 4.78 is 2.18. The molecule has 1 fully saturated rings. The van der Waals surface area contributed by atoms with Crippen molar-refractivity contribution < 1.29 is 0 Å². The number of nitrogen functional groups attached to an aromatic ring is 1. The first-order chi connectivity index (χ1) is 8.17. The van der Waals surface area contributed by atoms with Crippen molar-refractivity contribution >= 4 is 5.82 Å². The maximum absolute atomic E-state index is 6.27. The molecule has 2 rings (SSSR count). The van der Waals surface area contributed by atoms with Crippen molar-refractivity contribution in [3.8, 4) is 0 Å². The van der Waals surface area contributed by atoms with Crippen LogP contribution in [0.5, 0.6) is 0 Å². The van der Waals surface area contributed by atoms with Gasteiger partial charge in [0.1, 0.15) is 11.6 Å². The maximum Gasteiger partial charge on any atom is 0.127 e. The number of rotatable bonds is 3. The van der Waals surface area contributed by atoms with Gasteiger partial charge in [0.25, 0.3) is 0 Å². The van der Waals surface area contributed by atoms with Gasteiger partial charge in [-0.1, -0.05) is 26.7 Å². The van der Waals surface area contributed by atoms with Gasteiger partial charge in [0.15, 0.2) is 0 Å². The standard InChI is InChI=1S/C14H25N3/c1-4-12-16-13(14(15)17(12)5-2)11-8-6-7-10(3)9-11/h10-11H,4-9,15H2,1-3H3. The van der Waals surface area contributed by atoms with E-state index in [2.05, 4.69) is 25.3 Å². The van der Waals surface area contributed by atoms with Gasteiger partial charge >= 0.3 is 0 Å². The highest BCUT2D eigenvalue weighted by Crippen LogP contribution is 2.38. The first kappa shape index (κ1) is 12.5. The van der Waals surface area contributed by atoms with Crippen molar-refractivity contribution in [3.63, 3.8) is 0 Å². The molecule has 0 radical (unpaired) electrons.